The zero-order chi connectivity index (χ0) is 9.59. The van der Waals surface area contributed by atoms with Crippen LogP contribution in [-0.4, -0.2) is 4.98 Å². The molecular formula is C7HCl4NO. The number of benzene rings is 1. The molecule has 0 spiro atoms. The highest BCUT2D eigenvalue weighted by molar-refractivity contribution is 6.50. The Morgan fingerprint density at radius 2 is 1.77 bits per heavy atom. The molecule has 68 valence electrons. The SMILES string of the molecule is Clc1nc2c(Cl)c(Cl)c(Cl)cc2o1. The van der Waals surface area contributed by atoms with Crippen LogP contribution >= 0.6 is 46.4 Å². The first-order valence-electron chi connectivity index (χ1n) is 3.19. The lowest BCUT2D eigenvalue weighted by molar-refractivity contribution is 0.604. The number of oxazole rings is 1. The molecule has 0 fully saturated rings. The van der Waals surface area contributed by atoms with Gasteiger partial charge in [0, 0.05) is 6.07 Å². The van der Waals surface area contributed by atoms with Gasteiger partial charge in [0.2, 0.25) is 0 Å². The van der Waals surface area contributed by atoms with Crippen molar-refractivity contribution in [1.29, 1.82) is 0 Å². The smallest absolute Gasteiger partial charge is 0.293 e. The van der Waals surface area contributed by atoms with Gasteiger partial charge in [0.25, 0.3) is 5.35 Å². The van der Waals surface area contributed by atoms with Gasteiger partial charge in [-0.1, -0.05) is 34.8 Å². The molecule has 1 heterocycles. The van der Waals surface area contributed by atoms with Crippen molar-refractivity contribution in [3.05, 3.63) is 26.5 Å². The van der Waals surface area contributed by atoms with Crippen LogP contribution in [0.15, 0.2) is 10.5 Å². The first kappa shape index (κ1) is 9.41. The first-order valence-corrected chi connectivity index (χ1v) is 4.70. The Balaban J connectivity index is 2.92. The van der Waals surface area contributed by atoms with Crippen LogP contribution in [0.1, 0.15) is 0 Å². The third-order valence-corrected chi connectivity index (χ3v) is 2.91. The van der Waals surface area contributed by atoms with E-state index < -0.39 is 0 Å². The molecule has 1 aromatic heterocycles. The molecule has 0 amide bonds. The molecule has 6 heteroatoms. The van der Waals surface area contributed by atoms with Gasteiger partial charge in [0.15, 0.2) is 5.58 Å². The summed E-state index contributed by atoms with van der Waals surface area (Å²) < 4.78 is 5.01. The number of hydrogen-bond donors (Lipinski definition) is 0. The number of fused-ring (bicyclic) bond motifs is 1. The standard InChI is InChI=1S/C7HCl4NO/c8-2-1-3-6(5(10)4(2)9)12-7(11)13-3/h1H. The highest BCUT2D eigenvalue weighted by Crippen LogP contribution is 2.37. The van der Waals surface area contributed by atoms with Gasteiger partial charge in [-0.15, -0.1) is 0 Å². The maximum Gasteiger partial charge on any atom is 0.293 e. The molecule has 2 rings (SSSR count). The lowest BCUT2D eigenvalue weighted by Crippen LogP contribution is -1.75. The van der Waals surface area contributed by atoms with E-state index in [4.69, 9.17) is 50.8 Å². The van der Waals surface area contributed by atoms with Gasteiger partial charge < -0.3 is 4.42 Å². The van der Waals surface area contributed by atoms with E-state index >= 15 is 0 Å². The van der Waals surface area contributed by atoms with Crippen LogP contribution in [0.25, 0.3) is 11.1 Å². The van der Waals surface area contributed by atoms with E-state index in [2.05, 4.69) is 4.98 Å². The Labute approximate surface area is 93.3 Å². The molecule has 2 aromatic rings. The normalized spacial score (nSPS) is 11.1. The maximum atomic E-state index is 5.85. The van der Waals surface area contributed by atoms with Crippen molar-refractivity contribution in [2.24, 2.45) is 0 Å². The van der Waals surface area contributed by atoms with Crippen molar-refractivity contribution < 1.29 is 4.42 Å². The number of aromatic nitrogens is 1. The Morgan fingerprint density at radius 3 is 2.46 bits per heavy atom. The molecule has 0 aliphatic rings. The van der Waals surface area contributed by atoms with Crippen molar-refractivity contribution in [2.45, 2.75) is 0 Å². The molecule has 0 unspecified atom stereocenters. The second kappa shape index (κ2) is 3.21. The minimum atomic E-state index is 0.00948. The van der Waals surface area contributed by atoms with Crippen LogP contribution in [0, 0.1) is 0 Å². The van der Waals surface area contributed by atoms with E-state index in [0.717, 1.165) is 0 Å². The van der Waals surface area contributed by atoms with E-state index in [9.17, 15) is 0 Å². The van der Waals surface area contributed by atoms with E-state index in [1.54, 1.807) is 0 Å². The summed E-state index contributed by atoms with van der Waals surface area (Å²) in [6, 6.07) is 1.52. The predicted octanol–water partition coefficient (Wildman–Crippen LogP) is 4.44. The molecule has 0 saturated carbocycles. The number of rotatable bonds is 0. The Kier molecular flexibility index (Phi) is 2.32. The van der Waals surface area contributed by atoms with E-state index in [1.165, 1.54) is 6.07 Å². The van der Waals surface area contributed by atoms with Crippen LogP contribution in [0.2, 0.25) is 20.4 Å². The molecule has 13 heavy (non-hydrogen) atoms. The predicted molar refractivity (Wildman–Crippen MR) is 54.0 cm³/mol. The van der Waals surface area contributed by atoms with Crippen molar-refractivity contribution in [1.82, 2.24) is 4.98 Å². The average molecular weight is 257 g/mol. The minimum absolute atomic E-state index is 0.00948. The second-order valence-corrected chi connectivity index (χ2v) is 3.79. The van der Waals surface area contributed by atoms with Crippen LogP contribution in [0.5, 0.6) is 0 Å². The molecule has 0 aliphatic carbocycles. The fourth-order valence-electron chi connectivity index (χ4n) is 0.947. The summed E-state index contributed by atoms with van der Waals surface area (Å²) in [7, 11) is 0. The summed E-state index contributed by atoms with van der Waals surface area (Å²) in [5, 5.41) is 0.822. The zero-order valence-electron chi connectivity index (χ0n) is 5.94. The molecule has 0 saturated heterocycles. The fourth-order valence-corrected chi connectivity index (χ4v) is 1.74. The van der Waals surface area contributed by atoms with Crippen LogP contribution < -0.4 is 0 Å². The van der Waals surface area contributed by atoms with E-state index in [-0.39, 0.29) is 15.4 Å². The zero-order valence-corrected chi connectivity index (χ0v) is 8.97. The topological polar surface area (TPSA) is 26.0 Å². The molecule has 0 aliphatic heterocycles. The van der Waals surface area contributed by atoms with Crippen molar-refractivity contribution in [3.8, 4) is 0 Å². The molecular weight excluding hydrogens is 256 g/mol. The summed E-state index contributed by atoms with van der Waals surface area (Å²) in [5.74, 6) is 0. The molecule has 0 radical (unpaired) electrons. The number of halogens is 4. The van der Waals surface area contributed by atoms with Crippen molar-refractivity contribution >= 4 is 57.5 Å². The Hall–Kier alpha value is -0.150. The van der Waals surface area contributed by atoms with Crippen LogP contribution in [0.3, 0.4) is 0 Å². The Bertz CT molecular complexity index is 479. The quantitative estimate of drug-likeness (QED) is 0.652. The summed E-state index contributed by atoms with van der Waals surface area (Å²) >= 11 is 22.9. The van der Waals surface area contributed by atoms with Crippen molar-refractivity contribution in [3.63, 3.8) is 0 Å². The van der Waals surface area contributed by atoms with Gasteiger partial charge in [-0.25, -0.2) is 0 Å². The van der Waals surface area contributed by atoms with Crippen molar-refractivity contribution in [2.75, 3.05) is 0 Å². The molecule has 2 nitrogen and oxygen atoms in total. The third kappa shape index (κ3) is 1.48. The second-order valence-electron chi connectivity index (χ2n) is 2.30. The van der Waals surface area contributed by atoms with Gasteiger partial charge in [-0.05, 0) is 11.6 Å². The monoisotopic (exact) mass is 255 g/mol. The summed E-state index contributed by atoms with van der Waals surface area (Å²) in [5.41, 5.74) is 0.838. The lowest BCUT2D eigenvalue weighted by atomic mass is 10.3. The van der Waals surface area contributed by atoms with Crippen LogP contribution in [0.4, 0.5) is 0 Å². The van der Waals surface area contributed by atoms with Gasteiger partial charge in [-0.2, -0.15) is 4.98 Å². The van der Waals surface area contributed by atoms with Gasteiger partial charge in [-0.3, -0.25) is 0 Å². The average Bonchev–Trinajstić information content (AvgIpc) is 2.42. The van der Waals surface area contributed by atoms with Gasteiger partial charge >= 0.3 is 0 Å². The number of nitrogens with zero attached hydrogens (tertiary/aromatic N) is 1. The minimum Gasteiger partial charge on any atom is -0.427 e. The molecule has 0 N–H and O–H groups in total. The third-order valence-electron chi connectivity index (χ3n) is 1.50. The van der Waals surface area contributed by atoms with Crippen LogP contribution in [-0.2, 0) is 0 Å². The van der Waals surface area contributed by atoms with Gasteiger partial charge in [0.1, 0.15) is 5.52 Å². The summed E-state index contributed by atoms with van der Waals surface area (Å²) in [6.45, 7) is 0. The number of hydrogen-bond acceptors (Lipinski definition) is 2. The fraction of sp³-hybridized carbons (Fsp3) is 0. The van der Waals surface area contributed by atoms with Gasteiger partial charge in [0.05, 0.1) is 15.1 Å². The summed E-state index contributed by atoms with van der Waals surface area (Å²) in [4.78, 5) is 3.84. The highest BCUT2D eigenvalue weighted by atomic mass is 35.5. The van der Waals surface area contributed by atoms with E-state index in [1.807, 2.05) is 0 Å². The molecule has 0 atom stereocenters. The summed E-state index contributed by atoms with van der Waals surface area (Å²) in [6.07, 6.45) is 0. The largest absolute Gasteiger partial charge is 0.427 e. The molecule has 0 bridgehead atoms. The molecule has 1 aromatic carbocycles. The Morgan fingerprint density at radius 1 is 1.08 bits per heavy atom. The maximum absolute atomic E-state index is 5.85. The lowest BCUT2D eigenvalue weighted by Gasteiger charge is -1.97. The van der Waals surface area contributed by atoms with E-state index in [0.29, 0.717) is 16.1 Å². The highest BCUT2D eigenvalue weighted by Gasteiger charge is 2.13. The first-order chi connectivity index (χ1) is 6.09.